The standard InChI is InChI=1S/C12H7F2NO2S/c13-8-2-3-9(14)10(5-8)18-11-4-1-7(6-15-11)12(16)17/h1-6H,(H,16,17). The van der Waals surface area contributed by atoms with Gasteiger partial charge in [-0.05, 0) is 30.3 Å². The fraction of sp³-hybridized carbons (Fsp3) is 0. The summed E-state index contributed by atoms with van der Waals surface area (Å²) in [5, 5.41) is 9.08. The first-order valence-electron chi connectivity index (χ1n) is 4.88. The highest BCUT2D eigenvalue weighted by molar-refractivity contribution is 7.99. The number of hydrogen-bond donors (Lipinski definition) is 1. The summed E-state index contributed by atoms with van der Waals surface area (Å²) < 4.78 is 26.3. The molecule has 1 aromatic heterocycles. The monoisotopic (exact) mass is 267 g/mol. The third-order valence-corrected chi connectivity index (χ3v) is 3.07. The Labute approximate surface area is 105 Å². The summed E-state index contributed by atoms with van der Waals surface area (Å²) in [5.41, 5.74) is 0.0408. The van der Waals surface area contributed by atoms with Crippen LogP contribution in [0.4, 0.5) is 8.78 Å². The van der Waals surface area contributed by atoms with E-state index in [9.17, 15) is 13.6 Å². The summed E-state index contributed by atoms with van der Waals surface area (Å²) in [4.78, 5) is 14.6. The van der Waals surface area contributed by atoms with Gasteiger partial charge in [-0.25, -0.2) is 18.6 Å². The van der Waals surface area contributed by atoms with Crippen LogP contribution >= 0.6 is 11.8 Å². The summed E-state index contributed by atoms with van der Waals surface area (Å²) in [6, 6.07) is 5.92. The van der Waals surface area contributed by atoms with Gasteiger partial charge in [0.1, 0.15) is 16.7 Å². The van der Waals surface area contributed by atoms with Crippen molar-refractivity contribution in [2.75, 3.05) is 0 Å². The molecular formula is C12H7F2NO2S. The highest BCUT2D eigenvalue weighted by atomic mass is 32.2. The number of carbonyl (C=O) groups is 1. The van der Waals surface area contributed by atoms with Crippen molar-refractivity contribution >= 4 is 17.7 Å². The van der Waals surface area contributed by atoms with Gasteiger partial charge in [0.15, 0.2) is 0 Å². The average Bonchev–Trinajstić information content (AvgIpc) is 2.34. The molecule has 3 nitrogen and oxygen atoms in total. The maximum atomic E-state index is 13.4. The first-order chi connectivity index (χ1) is 8.56. The molecule has 0 saturated carbocycles. The third-order valence-electron chi connectivity index (χ3n) is 2.09. The lowest BCUT2D eigenvalue weighted by Gasteiger charge is -2.03. The maximum Gasteiger partial charge on any atom is 0.337 e. The van der Waals surface area contributed by atoms with E-state index in [0.29, 0.717) is 5.03 Å². The Bertz CT molecular complexity index is 587. The molecular weight excluding hydrogens is 260 g/mol. The van der Waals surface area contributed by atoms with E-state index in [0.717, 1.165) is 30.0 Å². The van der Waals surface area contributed by atoms with Crippen molar-refractivity contribution in [3.8, 4) is 0 Å². The predicted molar refractivity (Wildman–Crippen MR) is 61.7 cm³/mol. The Morgan fingerprint density at radius 2 is 2.00 bits per heavy atom. The lowest BCUT2D eigenvalue weighted by atomic mass is 10.3. The molecule has 2 aromatic rings. The Morgan fingerprint density at radius 1 is 1.22 bits per heavy atom. The summed E-state index contributed by atoms with van der Waals surface area (Å²) in [5.74, 6) is -2.18. The van der Waals surface area contributed by atoms with Crippen molar-refractivity contribution < 1.29 is 18.7 Å². The van der Waals surface area contributed by atoms with Crippen LogP contribution in [-0.2, 0) is 0 Å². The van der Waals surface area contributed by atoms with Gasteiger partial charge in [0, 0.05) is 6.20 Å². The second-order valence-electron chi connectivity index (χ2n) is 3.37. The molecule has 0 aliphatic heterocycles. The molecule has 0 aliphatic carbocycles. The van der Waals surface area contributed by atoms with Gasteiger partial charge < -0.3 is 5.11 Å². The average molecular weight is 267 g/mol. The lowest BCUT2D eigenvalue weighted by molar-refractivity contribution is 0.0696. The van der Waals surface area contributed by atoms with Crippen LogP contribution in [0.5, 0.6) is 0 Å². The first-order valence-corrected chi connectivity index (χ1v) is 5.70. The SMILES string of the molecule is O=C(O)c1ccc(Sc2cc(F)ccc2F)nc1. The number of hydrogen-bond acceptors (Lipinski definition) is 3. The summed E-state index contributed by atoms with van der Waals surface area (Å²) in [7, 11) is 0. The van der Waals surface area contributed by atoms with Gasteiger partial charge in [0.05, 0.1) is 10.5 Å². The molecule has 1 N–H and O–H groups in total. The van der Waals surface area contributed by atoms with E-state index in [-0.39, 0.29) is 10.5 Å². The largest absolute Gasteiger partial charge is 0.478 e. The Hall–Kier alpha value is -1.95. The molecule has 0 radical (unpaired) electrons. The zero-order valence-corrected chi connectivity index (χ0v) is 9.75. The van der Waals surface area contributed by atoms with E-state index in [1.165, 1.54) is 18.3 Å². The molecule has 0 atom stereocenters. The molecule has 0 unspecified atom stereocenters. The number of rotatable bonds is 3. The van der Waals surface area contributed by atoms with E-state index in [1.807, 2.05) is 0 Å². The number of carboxylic acids is 1. The highest BCUT2D eigenvalue weighted by Gasteiger charge is 2.08. The number of carboxylic acid groups (broad SMARTS) is 1. The molecule has 1 aromatic carbocycles. The fourth-order valence-corrected chi connectivity index (χ4v) is 2.04. The van der Waals surface area contributed by atoms with Crippen LogP contribution in [0.1, 0.15) is 10.4 Å². The summed E-state index contributed by atoms with van der Waals surface area (Å²) in [6.07, 6.45) is 1.17. The van der Waals surface area contributed by atoms with Crippen LogP contribution in [0.25, 0.3) is 0 Å². The van der Waals surface area contributed by atoms with E-state index < -0.39 is 17.6 Å². The van der Waals surface area contributed by atoms with Crippen molar-refractivity contribution in [2.24, 2.45) is 0 Å². The van der Waals surface area contributed by atoms with E-state index in [4.69, 9.17) is 5.11 Å². The highest BCUT2D eigenvalue weighted by Crippen LogP contribution is 2.28. The summed E-state index contributed by atoms with van der Waals surface area (Å²) >= 11 is 0.930. The molecule has 0 fully saturated rings. The lowest BCUT2D eigenvalue weighted by Crippen LogP contribution is -1.96. The van der Waals surface area contributed by atoms with Gasteiger partial charge in [0.2, 0.25) is 0 Å². The molecule has 6 heteroatoms. The van der Waals surface area contributed by atoms with Crippen LogP contribution in [-0.4, -0.2) is 16.1 Å². The second-order valence-corrected chi connectivity index (χ2v) is 4.43. The topological polar surface area (TPSA) is 50.2 Å². The van der Waals surface area contributed by atoms with Crippen molar-refractivity contribution in [3.63, 3.8) is 0 Å². The van der Waals surface area contributed by atoms with Gasteiger partial charge in [0.25, 0.3) is 0 Å². The van der Waals surface area contributed by atoms with E-state index in [2.05, 4.69) is 4.98 Å². The van der Waals surface area contributed by atoms with Gasteiger partial charge in [-0.2, -0.15) is 0 Å². The van der Waals surface area contributed by atoms with E-state index in [1.54, 1.807) is 0 Å². The van der Waals surface area contributed by atoms with Crippen LogP contribution in [0.2, 0.25) is 0 Å². The van der Waals surface area contributed by atoms with Crippen molar-refractivity contribution in [3.05, 3.63) is 53.7 Å². The smallest absolute Gasteiger partial charge is 0.337 e. The number of halogens is 2. The maximum absolute atomic E-state index is 13.4. The quantitative estimate of drug-likeness (QED) is 0.927. The van der Waals surface area contributed by atoms with Crippen molar-refractivity contribution in [1.82, 2.24) is 4.98 Å². The Balaban J connectivity index is 2.23. The minimum Gasteiger partial charge on any atom is -0.478 e. The van der Waals surface area contributed by atoms with Gasteiger partial charge in [-0.15, -0.1) is 0 Å². The van der Waals surface area contributed by atoms with E-state index >= 15 is 0 Å². The molecule has 0 amide bonds. The normalized spacial score (nSPS) is 10.3. The molecule has 18 heavy (non-hydrogen) atoms. The Morgan fingerprint density at radius 3 is 2.61 bits per heavy atom. The molecule has 2 rings (SSSR count). The number of pyridine rings is 1. The molecule has 0 saturated heterocycles. The summed E-state index contributed by atoms with van der Waals surface area (Å²) in [6.45, 7) is 0. The number of benzene rings is 1. The molecule has 1 heterocycles. The van der Waals surface area contributed by atoms with Crippen LogP contribution < -0.4 is 0 Å². The molecule has 92 valence electrons. The van der Waals surface area contributed by atoms with Crippen LogP contribution in [0, 0.1) is 11.6 Å². The fourth-order valence-electron chi connectivity index (χ4n) is 1.24. The number of aromatic nitrogens is 1. The third kappa shape index (κ3) is 2.84. The van der Waals surface area contributed by atoms with Gasteiger partial charge in [-0.1, -0.05) is 11.8 Å². The van der Waals surface area contributed by atoms with Crippen molar-refractivity contribution in [2.45, 2.75) is 9.92 Å². The van der Waals surface area contributed by atoms with Gasteiger partial charge in [-0.3, -0.25) is 0 Å². The predicted octanol–water partition coefficient (Wildman–Crippen LogP) is 3.21. The van der Waals surface area contributed by atoms with Crippen molar-refractivity contribution in [1.29, 1.82) is 0 Å². The minimum absolute atomic E-state index is 0.0408. The second kappa shape index (κ2) is 5.14. The number of nitrogens with zero attached hydrogens (tertiary/aromatic N) is 1. The van der Waals surface area contributed by atoms with Gasteiger partial charge >= 0.3 is 5.97 Å². The Kier molecular flexibility index (Phi) is 3.57. The zero-order chi connectivity index (χ0) is 13.1. The zero-order valence-electron chi connectivity index (χ0n) is 8.93. The molecule has 0 bridgehead atoms. The molecule has 0 aliphatic rings. The first kappa shape index (κ1) is 12.5. The van der Waals surface area contributed by atoms with Crippen LogP contribution in [0.15, 0.2) is 46.5 Å². The minimum atomic E-state index is -1.09. The van der Waals surface area contributed by atoms with Crippen LogP contribution in [0.3, 0.4) is 0 Å². The number of aromatic carboxylic acids is 1. The molecule has 0 spiro atoms.